The summed E-state index contributed by atoms with van der Waals surface area (Å²) in [7, 11) is 0. The molecule has 2 rings (SSSR count). The van der Waals surface area contributed by atoms with Crippen LogP contribution in [0.3, 0.4) is 0 Å². The fourth-order valence-corrected chi connectivity index (χ4v) is 1.94. The van der Waals surface area contributed by atoms with Crippen molar-refractivity contribution in [1.29, 1.82) is 0 Å². The molecule has 2 amide bonds. The van der Waals surface area contributed by atoms with Crippen LogP contribution < -0.4 is 10.6 Å². The number of benzene rings is 2. The molecule has 0 atom stereocenters. The molecule has 2 aromatic rings. The zero-order valence-corrected chi connectivity index (χ0v) is 12.8. The predicted octanol–water partition coefficient (Wildman–Crippen LogP) is 3.42. The standard InChI is InChI=1S/C16H15N3O5/c1-2-24-15(20)11-8-9-13(14(10-11)19(22)23)18-16(21)17-12-6-4-3-5-7-12/h3-10H,2H2,1H3,(H2,17,18,21). The minimum Gasteiger partial charge on any atom is -0.462 e. The summed E-state index contributed by atoms with van der Waals surface area (Å²) >= 11 is 0. The van der Waals surface area contributed by atoms with Gasteiger partial charge < -0.3 is 15.4 Å². The van der Waals surface area contributed by atoms with Crippen LogP contribution in [-0.2, 0) is 4.74 Å². The summed E-state index contributed by atoms with van der Waals surface area (Å²) in [5.74, 6) is -0.666. The molecule has 0 spiro atoms. The number of hydrogen-bond donors (Lipinski definition) is 2. The molecule has 0 aliphatic heterocycles. The van der Waals surface area contributed by atoms with Crippen molar-refractivity contribution in [3.05, 3.63) is 64.2 Å². The predicted molar refractivity (Wildman–Crippen MR) is 88.1 cm³/mol. The van der Waals surface area contributed by atoms with Crippen molar-refractivity contribution in [2.75, 3.05) is 17.2 Å². The molecule has 0 unspecified atom stereocenters. The highest BCUT2D eigenvalue weighted by Crippen LogP contribution is 2.26. The lowest BCUT2D eigenvalue weighted by atomic mass is 10.1. The molecule has 124 valence electrons. The van der Waals surface area contributed by atoms with Gasteiger partial charge in [-0.05, 0) is 31.2 Å². The molecule has 0 aliphatic rings. The van der Waals surface area contributed by atoms with Gasteiger partial charge in [0.05, 0.1) is 17.1 Å². The number of carbonyl (C=O) groups excluding carboxylic acids is 2. The van der Waals surface area contributed by atoms with Crippen LogP contribution in [0.2, 0.25) is 0 Å². The molecule has 0 saturated carbocycles. The Kier molecular flexibility index (Phi) is 5.45. The first-order valence-electron chi connectivity index (χ1n) is 7.10. The normalized spacial score (nSPS) is 9.88. The van der Waals surface area contributed by atoms with Gasteiger partial charge in [-0.15, -0.1) is 0 Å². The molecule has 0 aromatic heterocycles. The Labute approximate surface area is 137 Å². The second-order valence-corrected chi connectivity index (χ2v) is 4.65. The Morgan fingerprint density at radius 2 is 1.83 bits per heavy atom. The SMILES string of the molecule is CCOC(=O)c1ccc(NC(=O)Nc2ccccc2)c([N+](=O)[O-])c1. The van der Waals surface area contributed by atoms with Crippen molar-refractivity contribution < 1.29 is 19.2 Å². The van der Waals surface area contributed by atoms with Gasteiger partial charge in [0, 0.05) is 11.8 Å². The maximum absolute atomic E-state index is 11.9. The van der Waals surface area contributed by atoms with Crippen molar-refractivity contribution in [2.45, 2.75) is 6.92 Å². The number of amides is 2. The monoisotopic (exact) mass is 329 g/mol. The van der Waals surface area contributed by atoms with Gasteiger partial charge in [0.1, 0.15) is 5.69 Å². The lowest BCUT2D eigenvalue weighted by molar-refractivity contribution is -0.383. The lowest BCUT2D eigenvalue weighted by Crippen LogP contribution is -2.20. The van der Waals surface area contributed by atoms with E-state index in [1.807, 2.05) is 0 Å². The topological polar surface area (TPSA) is 111 Å². The van der Waals surface area contributed by atoms with Crippen molar-refractivity contribution in [2.24, 2.45) is 0 Å². The number of nitrogens with zero attached hydrogens (tertiary/aromatic N) is 1. The molecule has 8 nitrogen and oxygen atoms in total. The Morgan fingerprint density at radius 3 is 2.46 bits per heavy atom. The molecule has 0 radical (unpaired) electrons. The van der Waals surface area contributed by atoms with Crippen LogP contribution in [0.15, 0.2) is 48.5 Å². The number of nitro groups is 1. The number of esters is 1. The molecule has 0 aliphatic carbocycles. The van der Waals surface area contributed by atoms with E-state index in [2.05, 4.69) is 10.6 Å². The smallest absolute Gasteiger partial charge is 0.338 e. The molecule has 0 saturated heterocycles. The van der Waals surface area contributed by atoms with E-state index in [0.29, 0.717) is 5.69 Å². The highest BCUT2D eigenvalue weighted by Gasteiger charge is 2.19. The zero-order valence-electron chi connectivity index (χ0n) is 12.8. The molecule has 2 N–H and O–H groups in total. The second kappa shape index (κ2) is 7.73. The first-order valence-corrected chi connectivity index (χ1v) is 7.10. The first kappa shape index (κ1) is 16.9. The van der Waals surface area contributed by atoms with Crippen molar-refractivity contribution in [3.8, 4) is 0 Å². The number of rotatable bonds is 5. The number of nitrogens with one attached hydrogen (secondary N) is 2. The molecular weight excluding hydrogens is 314 g/mol. The van der Waals surface area contributed by atoms with Crippen molar-refractivity contribution in [3.63, 3.8) is 0 Å². The second-order valence-electron chi connectivity index (χ2n) is 4.65. The minimum atomic E-state index is -0.680. The first-order chi connectivity index (χ1) is 11.5. The molecule has 8 heteroatoms. The van der Waals surface area contributed by atoms with Crippen molar-refractivity contribution in [1.82, 2.24) is 0 Å². The van der Waals surface area contributed by atoms with Crippen LogP contribution in [0, 0.1) is 10.1 Å². The van der Waals surface area contributed by atoms with E-state index in [-0.39, 0.29) is 17.9 Å². The third-order valence-corrected chi connectivity index (χ3v) is 2.99. The fourth-order valence-electron chi connectivity index (χ4n) is 1.94. The number of ether oxygens (including phenoxy) is 1. The van der Waals surface area contributed by atoms with Crippen LogP contribution in [0.1, 0.15) is 17.3 Å². The maximum Gasteiger partial charge on any atom is 0.338 e. The summed E-state index contributed by atoms with van der Waals surface area (Å²) in [5, 5.41) is 16.1. The number of para-hydroxylation sites is 1. The number of hydrogen-bond acceptors (Lipinski definition) is 5. The van der Waals surface area contributed by atoms with Gasteiger partial charge in [-0.3, -0.25) is 10.1 Å². The number of nitro benzene ring substituents is 1. The highest BCUT2D eigenvalue weighted by molar-refractivity contribution is 6.02. The average Bonchev–Trinajstić information content (AvgIpc) is 2.56. The van der Waals surface area contributed by atoms with Gasteiger partial charge in [-0.1, -0.05) is 18.2 Å². The largest absolute Gasteiger partial charge is 0.462 e. The molecule has 0 fully saturated rings. The molecule has 0 heterocycles. The van der Waals surface area contributed by atoms with E-state index in [9.17, 15) is 19.7 Å². The zero-order chi connectivity index (χ0) is 17.5. The summed E-state index contributed by atoms with van der Waals surface area (Å²) in [6, 6.07) is 11.7. The van der Waals surface area contributed by atoms with Gasteiger partial charge >= 0.3 is 12.0 Å². The number of urea groups is 1. The van der Waals surface area contributed by atoms with Gasteiger partial charge in [-0.2, -0.15) is 0 Å². The third kappa shape index (κ3) is 4.29. The van der Waals surface area contributed by atoms with E-state index in [1.165, 1.54) is 12.1 Å². The number of anilines is 2. The van der Waals surface area contributed by atoms with Crippen LogP contribution in [0.4, 0.5) is 21.9 Å². The lowest BCUT2D eigenvalue weighted by Gasteiger charge is -2.09. The van der Waals surface area contributed by atoms with Crippen LogP contribution >= 0.6 is 0 Å². The molecule has 0 bridgehead atoms. The van der Waals surface area contributed by atoms with Gasteiger partial charge in [-0.25, -0.2) is 9.59 Å². The molecular formula is C16H15N3O5. The summed E-state index contributed by atoms with van der Waals surface area (Å²) in [5.41, 5.74) is 0.156. The molecule has 24 heavy (non-hydrogen) atoms. The van der Waals surface area contributed by atoms with Gasteiger partial charge in [0.25, 0.3) is 5.69 Å². The Morgan fingerprint density at radius 1 is 1.12 bits per heavy atom. The minimum absolute atomic E-state index is 0.0264. The Hall–Kier alpha value is -3.42. The van der Waals surface area contributed by atoms with Gasteiger partial charge in [0.2, 0.25) is 0 Å². The van der Waals surface area contributed by atoms with E-state index in [0.717, 1.165) is 6.07 Å². The fraction of sp³-hybridized carbons (Fsp3) is 0.125. The van der Waals surface area contributed by atoms with Crippen LogP contribution in [0.5, 0.6) is 0 Å². The van der Waals surface area contributed by atoms with Gasteiger partial charge in [0.15, 0.2) is 0 Å². The van der Waals surface area contributed by atoms with Crippen molar-refractivity contribution >= 4 is 29.1 Å². The van der Waals surface area contributed by atoms with E-state index >= 15 is 0 Å². The highest BCUT2D eigenvalue weighted by atomic mass is 16.6. The quantitative estimate of drug-likeness (QED) is 0.496. The summed E-state index contributed by atoms with van der Waals surface area (Å²) in [6.07, 6.45) is 0. The summed E-state index contributed by atoms with van der Waals surface area (Å²) < 4.78 is 4.80. The Balaban J connectivity index is 2.18. The molecule has 2 aromatic carbocycles. The number of carbonyl (C=O) groups is 2. The summed E-state index contributed by atoms with van der Waals surface area (Å²) in [4.78, 5) is 34.1. The Bertz CT molecular complexity index is 762. The van der Waals surface area contributed by atoms with Crippen LogP contribution in [0.25, 0.3) is 0 Å². The third-order valence-electron chi connectivity index (χ3n) is 2.99. The average molecular weight is 329 g/mol. The van der Waals surface area contributed by atoms with E-state index in [4.69, 9.17) is 4.74 Å². The van der Waals surface area contributed by atoms with Crippen LogP contribution in [-0.4, -0.2) is 23.5 Å². The maximum atomic E-state index is 11.9. The summed E-state index contributed by atoms with van der Waals surface area (Å²) in [6.45, 7) is 1.79. The van der Waals surface area contributed by atoms with E-state index < -0.39 is 22.6 Å². The van der Waals surface area contributed by atoms with E-state index in [1.54, 1.807) is 37.3 Å².